The summed E-state index contributed by atoms with van der Waals surface area (Å²) in [5.74, 6) is -5.91. The highest BCUT2D eigenvalue weighted by Gasteiger charge is 2.43. The maximum atomic E-state index is 13.0. The maximum absolute atomic E-state index is 13.0. The number of hydrogen-bond donors (Lipinski definition) is 10. The molecule has 20 heteroatoms. The third-order valence-electron chi connectivity index (χ3n) is 9.64. The number of cyclic esters (lactones) is 1. The van der Waals surface area contributed by atoms with E-state index in [9.17, 15) is 54.9 Å². The van der Waals surface area contributed by atoms with Gasteiger partial charge in [0.05, 0.1) is 54.7 Å². The lowest BCUT2D eigenvalue weighted by Gasteiger charge is -2.41. The Kier molecular flexibility index (Phi) is 25.1. The van der Waals surface area contributed by atoms with Crippen LogP contribution in [0.5, 0.6) is 0 Å². The van der Waals surface area contributed by atoms with Crippen LogP contribution in [0.4, 0.5) is 0 Å². The Hall–Kier alpha value is -3.25. The van der Waals surface area contributed by atoms with E-state index >= 15 is 0 Å². The average Bonchev–Trinajstić information content (AvgIpc) is 3.11. The molecule has 0 bridgehead atoms. The lowest BCUT2D eigenvalue weighted by atomic mass is 9.88. The predicted octanol–water partition coefficient (Wildman–Crippen LogP) is 0.893. The molecule has 19 nitrogen and oxygen atoms in total. The SMILES string of the molecule is CCCC1C\C=C/C=C\C=C/C=C\C(OC2OC(C)C(O)C(N)C2O)CC(O)C(C(=O)O)C(O)CC(=O)CC(O)CCCC(=O)CC(O)C(CC)C(=O)O1.O=S(=O)(O)O. The minimum atomic E-state index is -4.67. The molecule has 338 valence electrons. The first-order chi connectivity index (χ1) is 27.6. The molecular weight excluding hydrogens is 802 g/mol. The van der Waals surface area contributed by atoms with Gasteiger partial charge in [-0.25, -0.2) is 0 Å². The summed E-state index contributed by atoms with van der Waals surface area (Å²) in [5, 5.41) is 73.7. The van der Waals surface area contributed by atoms with Crippen LogP contribution in [-0.2, 0) is 43.8 Å². The zero-order valence-electron chi connectivity index (χ0n) is 33.6. The zero-order chi connectivity index (χ0) is 44.9. The number of rotatable bonds is 6. The molecule has 0 spiro atoms. The first kappa shape index (κ1) is 53.8. The van der Waals surface area contributed by atoms with Crippen LogP contribution in [0.15, 0.2) is 48.6 Å². The molecule has 11 N–H and O–H groups in total. The van der Waals surface area contributed by atoms with Gasteiger partial charge in [-0.3, -0.25) is 28.3 Å². The van der Waals surface area contributed by atoms with Crippen LogP contribution in [0.1, 0.15) is 91.4 Å². The number of aliphatic carboxylic acids is 1. The number of esters is 1. The number of ether oxygens (including phenoxy) is 3. The number of aliphatic hydroxyl groups is 6. The molecule has 0 aromatic carbocycles. The number of hydrogen-bond acceptors (Lipinski definition) is 16. The van der Waals surface area contributed by atoms with Crippen molar-refractivity contribution in [1.29, 1.82) is 0 Å². The lowest BCUT2D eigenvalue weighted by molar-refractivity contribution is -0.277. The molecule has 0 aromatic heterocycles. The smallest absolute Gasteiger partial charge is 0.394 e. The number of carbonyl (C=O) groups is 4. The Balaban J connectivity index is 0.00000327. The van der Waals surface area contributed by atoms with E-state index in [1.54, 1.807) is 43.4 Å². The summed E-state index contributed by atoms with van der Waals surface area (Å²) < 4.78 is 48.8. The quantitative estimate of drug-likeness (QED) is 0.131. The van der Waals surface area contributed by atoms with Gasteiger partial charge in [-0.2, -0.15) is 8.42 Å². The van der Waals surface area contributed by atoms with Crippen molar-refractivity contribution in [3.8, 4) is 0 Å². The van der Waals surface area contributed by atoms with Gasteiger partial charge in [-0.15, -0.1) is 0 Å². The average molecular weight is 866 g/mol. The van der Waals surface area contributed by atoms with Gasteiger partial charge in [0.1, 0.15) is 29.7 Å². The Morgan fingerprint density at radius 1 is 0.864 bits per heavy atom. The van der Waals surface area contributed by atoms with Crippen LogP contribution in [0.2, 0.25) is 0 Å². The van der Waals surface area contributed by atoms with Gasteiger partial charge >= 0.3 is 22.3 Å². The van der Waals surface area contributed by atoms with Gasteiger partial charge in [0, 0.05) is 38.5 Å². The molecule has 0 amide bonds. The molecular formula is C39H63NO18S. The fourth-order valence-corrected chi connectivity index (χ4v) is 6.47. The number of carboxylic acid groups (broad SMARTS) is 1. The van der Waals surface area contributed by atoms with Crippen molar-refractivity contribution in [3.05, 3.63) is 48.6 Å². The topological polar surface area (TPSA) is 338 Å². The first-order valence-corrected chi connectivity index (χ1v) is 21.0. The van der Waals surface area contributed by atoms with E-state index in [0.717, 1.165) is 6.42 Å². The van der Waals surface area contributed by atoms with Gasteiger partial charge in [0.25, 0.3) is 0 Å². The minimum Gasteiger partial charge on any atom is -0.481 e. The molecule has 2 aliphatic heterocycles. The van der Waals surface area contributed by atoms with Crippen molar-refractivity contribution < 1.29 is 86.7 Å². The molecule has 2 rings (SSSR count). The second-order valence-corrected chi connectivity index (χ2v) is 15.5. The summed E-state index contributed by atoms with van der Waals surface area (Å²) in [6, 6.07) is -1.12. The second kappa shape index (κ2) is 27.6. The maximum Gasteiger partial charge on any atom is 0.394 e. The van der Waals surface area contributed by atoms with E-state index in [4.69, 9.17) is 37.5 Å². The lowest BCUT2D eigenvalue weighted by Crippen LogP contribution is -2.61. The molecule has 0 radical (unpaired) electrons. The fourth-order valence-electron chi connectivity index (χ4n) is 6.47. The summed E-state index contributed by atoms with van der Waals surface area (Å²) in [4.78, 5) is 50.6. The number of carbonyl (C=O) groups excluding carboxylic acids is 3. The van der Waals surface area contributed by atoms with Crippen molar-refractivity contribution >= 4 is 33.9 Å². The number of nitrogens with two attached hydrogens (primary N) is 1. The van der Waals surface area contributed by atoms with E-state index in [2.05, 4.69) is 0 Å². The van der Waals surface area contributed by atoms with Crippen LogP contribution < -0.4 is 5.73 Å². The molecule has 2 heterocycles. The summed E-state index contributed by atoms with van der Waals surface area (Å²) in [6.07, 6.45) is 1.33. The highest BCUT2D eigenvalue weighted by molar-refractivity contribution is 7.79. The second-order valence-electron chi connectivity index (χ2n) is 14.6. The van der Waals surface area contributed by atoms with Crippen LogP contribution in [-0.4, -0.2) is 144 Å². The molecule has 13 atom stereocenters. The molecule has 1 fully saturated rings. The summed E-state index contributed by atoms with van der Waals surface area (Å²) in [6.45, 7) is 5.21. The normalized spacial score (nSPS) is 36.7. The molecule has 0 saturated carbocycles. The van der Waals surface area contributed by atoms with E-state index in [0.29, 0.717) is 12.8 Å². The van der Waals surface area contributed by atoms with Crippen molar-refractivity contribution in [1.82, 2.24) is 0 Å². The van der Waals surface area contributed by atoms with Gasteiger partial charge in [-0.05, 0) is 32.6 Å². The minimum absolute atomic E-state index is 0.0261. The summed E-state index contributed by atoms with van der Waals surface area (Å²) >= 11 is 0. The van der Waals surface area contributed by atoms with Crippen molar-refractivity contribution in [2.45, 2.75) is 159 Å². The molecule has 1 saturated heterocycles. The van der Waals surface area contributed by atoms with Gasteiger partial charge in [0.2, 0.25) is 0 Å². The molecule has 2 aliphatic rings. The number of allylic oxidation sites excluding steroid dienone is 6. The third kappa shape index (κ3) is 21.7. The molecule has 0 aromatic rings. The van der Waals surface area contributed by atoms with Crippen LogP contribution in [0.25, 0.3) is 0 Å². The van der Waals surface area contributed by atoms with Gasteiger partial charge in [-0.1, -0.05) is 68.9 Å². The van der Waals surface area contributed by atoms with Crippen LogP contribution in [0, 0.1) is 11.8 Å². The van der Waals surface area contributed by atoms with Gasteiger partial charge < -0.3 is 55.7 Å². The van der Waals surface area contributed by atoms with Crippen molar-refractivity contribution in [2.24, 2.45) is 17.6 Å². The predicted molar refractivity (Wildman–Crippen MR) is 211 cm³/mol. The number of carboxylic acids is 1. The van der Waals surface area contributed by atoms with Crippen LogP contribution in [0.3, 0.4) is 0 Å². The Labute approximate surface area is 344 Å². The van der Waals surface area contributed by atoms with E-state index in [1.165, 1.54) is 13.0 Å². The number of ketones is 2. The zero-order valence-corrected chi connectivity index (χ0v) is 34.4. The largest absolute Gasteiger partial charge is 0.481 e. The van der Waals surface area contributed by atoms with E-state index in [1.807, 2.05) is 13.0 Å². The number of Topliss-reactive ketones (excluding diaryl/α,β-unsaturated/α-hetero) is 2. The summed E-state index contributed by atoms with van der Waals surface area (Å²) in [5.41, 5.74) is 5.94. The van der Waals surface area contributed by atoms with E-state index in [-0.39, 0.29) is 37.9 Å². The Morgan fingerprint density at radius 3 is 2.05 bits per heavy atom. The van der Waals surface area contributed by atoms with E-state index < -0.39 is 126 Å². The summed E-state index contributed by atoms with van der Waals surface area (Å²) in [7, 11) is -4.67. The monoisotopic (exact) mass is 865 g/mol. The first-order valence-electron chi connectivity index (χ1n) is 19.6. The Bertz CT molecular complexity index is 1520. The van der Waals surface area contributed by atoms with Crippen LogP contribution >= 0.6 is 0 Å². The molecule has 0 aliphatic carbocycles. The highest BCUT2D eigenvalue weighted by Crippen LogP contribution is 2.26. The number of aliphatic hydroxyl groups excluding tert-OH is 6. The van der Waals surface area contributed by atoms with Crippen molar-refractivity contribution in [2.75, 3.05) is 0 Å². The Morgan fingerprint density at radius 2 is 1.46 bits per heavy atom. The van der Waals surface area contributed by atoms with Gasteiger partial charge in [0.15, 0.2) is 6.29 Å². The van der Waals surface area contributed by atoms with Crippen molar-refractivity contribution in [3.63, 3.8) is 0 Å². The standard InChI is InChI=1S/C39H61NO14.H2O4S/c1-4-14-27-17-11-9-7-6-8-10-12-18-28(54-39-36(48)34(40)35(47)23(3)52-39)22-32(46)33(37(49)50)31(45)21-26(43)19-24(41)15-13-16-25(42)20-30(44)29(5-2)38(51)53-27;1-5(2,3)4/h6-12,18,23-24,27-36,39,41,44-48H,4-5,13-17,19-22,40H2,1-3H3,(H,49,50);(H2,1,2,3,4)/b7-6-,10-8-,11-9-,18-12-;. The third-order valence-corrected chi connectivity index (χ3v) is 9.64. The molecule has 13 unspecified atom stereocenters. The fraction of sp³-hybridized carbons (Fsp3) is 0.692. The highest BCUT2D eigenvalue weighted by atomic mass is 32.3. The molecule has 59 heavy (non-hydrogen) atoms.